The first-order valence-corrected chi connectivity index (χ1v) is 10.9. The molecule has 0 amide bonds. The molecule has 1 saturated carbocycles. The fraction of sp³-hybridized carbons (Fsp3) is 0.500. The number of aromatic nitrogens is 2. The Bertz CT molecular complexity index is 1040. The van der Waals surface area contributed by atoms with Gasteiger partial charge in [-0.3, -0.25) is 14.2 Å². The number of nitrogens with zero attached hydrogens (tertiary/aromatic N) is 3. The first-order chi connectivity index (χ1) is 13.8. The maximum absolute atomic E-state index is 13.4. The van der Waals surface area contributed by atoms with Gasteiger partial charge in [0.15, 0.2) is 10.9 Å². The molecule has 1 aliphatic rings. The summed E-state index contributed by atoms with van der Waals surface area (Å²) < 4.78 is 1.78. The topological polar surface area (TPSA) is 99.6 Å². The lowest BCUT2D eigenvalue weighted by Crippen LogP contribution is -2.35. The number of benzene rings is 1. The van der Waals surface area contributed by atoms with Gasteiger partial charge in [-0.2, -0.15) is 5.26 Å². The van der Waals surface area contributed by atoms with Crippen molar-refractivity contribution in [3.8, 4) is 6.07 Å². The minimum Gasteiger partial charge on any atom is -0.308 e. The van der Waals surface area contributed by atoms with Crippen molar-refractivity contribution in [2.24, 2.45) is 17.8 Å². The number of Topliss-reactive ketones (excluding diaryl/α,β-unsaturated/α-hetero) is 1. The smallest absolute Gasteiger partial charge is 0.262 e. The zero-order valence-electron chi connectivity index (χ0n) is 17.0. The number of nitriles is 1. The molecular weight excluding hydrogens is 384 g/mol. The summed E-state index contributed by atoms with van der Waals surface area (Å²) in [6.45, 7) is 5.86. The zero-order valence-corrected chi connectivity index (χ0v) is 17.8. The Kier molecular flexibility index (Phi) is 6.53. The second-order valence-electron chi connectivity index (χ2n) is 7.92. The van der Waals surface area contributed by atoms with Crippen LogP contribution in [0.25, 0.3) is 10.9 Å². The minimum atomic E-state index is -1.04. The highest BCUT2D eigenvalue weighted by atomic mass is 32.2. The molecule has 1 heterocycles. The van der Waals surface area contributed by atoms with Gasteiger partial charge in [0.2, 0.25) is 0 Å². The van der Waals surface area contributed by atoms with Gasteiger partial charge in [-0.25, -0.2) is 4.98 Å². The molecule has 2 aromatic rings. The third-order valence-electron chi connectivity index (χ3n) is 6.00. The lowest BCUT2D eigenvalue weighted by molar-refractivity contribution is -0.117. The van der Waals surface area contributed by atoms with Crippen molar-refractivity contribution < 1.29 is 4.79 Å². The van der Waals surface area contributed by atoms with Gasteiger partial charge < -0.3 is 5.41 Å². The van der Waals surface area contributed by atoms with Gasteiger partial charge in [0.25, 0.3) is 5.56 Å². The number of rotatable bonds is 6. The van der Waals surface area contributed by atoms with Crippen LogP contribution >= 0.6 is 11.8 Å². The van der Waals surface area contributed by atoms with E-state index in [0.717, 1.165) is 19.3 Å². The van der Waals surface area contributed by atoms with Crippen LogP contribution in [0.4, 0.5) is 0 Å². The summed E-state index contributed by atoms with van der Waals surface area (Å²) in [5.41, 5.74) is 0.577. The molecule has 152 valence electrons. The summed E-state index contributed by atoms with van der Waals surface area (Å²) in [5.74, 6) is -0.526. The predicted molar refractivity (Wildman–Crippen MR) is 115 cm³/mol. The summed E-state index contributed by atoms with van der Waals surface area (Å²) in [6, 6.07) is 9.21. The Labute approximate surface area is 174 Å². The summed E-state index contributed by atoms with van der Waals surface area (Å²) >= 11 is 1.20. The van der Waals surface area contributed by atoms with E-state index in [2.05, 4.69) is 13.8 Å². The first-order valence-electron chi connectivity index (χ1n) is 9.96. The molecule has 1 aromatic heterocycles. The molecule has 0 unspecified atom stereocenters. The van der Waals surface area contributed by atoms with E-state index in [1.165, 1.54) is 18.7 Å². The monoisotopic (exact) mass is 410 g/mol. The third-order valence-corrected chi connectivity index (χ3v) is 6.97. The number of thioether (sulfide) groups is 1. The molecule has 0 spiro atoms. The van der Waals surface area contributed by atoms with Crippen LogP contribution in [0.1, 0.15) is 46.1 Å². The van der Waals surface area contributed by atoms with Crippen LogP contribution in [-0.2, 0) is 4.79 Å². The summed E-state index contributed by atoms with van der Waals surface area (Å²) in [4.78, 5) is 30.5. The average Bonchev–Trinajstić information content (AvgIpc) is 2.69. The van der Waals surface area contributed by atoms with Gasteiger partial charge in [0.05, 0.1) is 22.7 Å². The molecule has 29 heavy (non-hydrogen) atoms. The van der Waals surface area contributed by atoms with Gasteiger partial charge in [0.1, 0.15) is 5.92 Å². The second-order valence-corrected chi connectivity index (χ2v) is 8.86. The molecule has 3 rings (SSSR count). The highest BCUT2D eigenvalue weighted by Gasteiger charge is 2.31. The standard InChI is InChI=1S/C22H26N4O2S/c1-13-7-6-10-19(14(13)2)26-21(28)16-8-4-5-9-18(16)25-22(26)29-12-20(27)17(11-23)15(3)24/h4-5,8-9,13-14,17,19,24H,6-7,10,12H2,1-3H3/t13-,14+,17+,19+/m0/s1. The molecule has 0 bridgehead atoms. The van der Waals surface area contributed by atoms with Crippen LogP contribution in [0.2, 0.25) is 0 Å². The Balaban J connectivity index is 2.03. The van der Waals surface area contributed by atoms with Crippen LogP contribution < -0.4 is 5.56 Å². The molecule has 7 heteroatoms. The summed E-state index contributed by atoms with van der Waals surface area (Å²) in [7, 11) is 0. The van der Waals surface area contributed by atoms with Crippen LogP contribution in [0, 0.1) is 34.5 Å². The van der Waals surface area contributed by atoms with E-state index < -0.39 is 5.92 Å². The highest BCUT2D eigenvalue weighted by molar-refractivity contribution is 7.99. The van der Waals surface area contributed by atoms with Crippen molar-refractivity contribution >= 4 is 34.2 Å². The van der Waals surface area contributed by atoms with E-state index in [4.69, 9.17) is 10.4 Å². The number of ketones is 1. The fourth-order valence-corrected chi connectivity index (χ4v) is 5.03. The lowest BCUT2D eigenvalue weighted by Gasteiger charge is -2.36. The van der Waals surface area contributed by atoms with Gasteiger partial charge in [-0.05, 0) is 37.3 Å². The van der Waals surface area contributed by atoms with Crippen molar-refractivity contribution in [3.05, 3.63) is 34.6 Å². The number of para-hydroxylation sites is 1. The number of hydrogen-bond donors (Lipinski definition) is 1. The van der Waals surface area contributed by atoms with E-state index in [-0.39, 0.29) is 28.8 Å². The Hall–Kier alpha value is -2.46. The molecule has 4 atom stereocenters. The van der Waals surface area contributed by atoms with Crippen molar-refractivity contribution in [2.45, 2.75) is 51.2 Å². The predicted octanol–water partition coefficient (Wildman–Crippen LogP) is 4.23. The molecule has 0 radical (unpaired) electrons. The number of hydrogen-bond acceptors (Lipinski definition) is 6. The summed E-state index contributed by atoms with van der Waals surface area (Å²) in [6.07, 6.45) is 3.12. The molecule has 1 fully saturated rings. The van der Waals surface area contributed by atoms with Gasteiger partial charge in [-0.1, -0.05) is 50.6 Å². The van der Waals surface area contributed by atoms with E-state index >= 15 is 0 Å². The van der Waals surface area contributed by atoms with Crippen molar-refractivity contribution in [2.75, 3.05) is 5.75 Å². The third kappa shape index (κ3) is 4.27. The number of carbonyl (C=O) groups excluding carboxylic acids is 1. The highest BCUT2D eigenvalue weighted by Crippen LogP contribution is 2.38. The van der Waals surface area contributed by atoms with Gasteiger partial charge >= 0.3 is 0 Å². The van der Waals surface area contributed by atoms with Crippen LogP contribution in [-0.4, -0.2) is 26.8 Å². The maximum Gasteiger partial charge on any atom is 0.262 e. The minimum absolute atomic E-state index is 0.00980. The number of nitrogens with one attached hydrogen (secondary N) is 1. The normalized spacial score (nSPS) is 22.8. The zero-order chi connectivity index (χ0) is 21.1. The van der Waals surface area contributed by atoms with Crippen LogP contribution in [0.3, 0.4) is 0 Å². The Morgan fingerprint density at radius 3 is 2.79 bits per heavy atom. The first kappa shape index (κ1) is 21.3. The van der Waals surface area contributed by atoms with Crippen molar-refractivity contribution in [1.29, 1.82) is 10.7 Å². The van der Waals surface area contributed by atoms with E-state index in [1.54, 1.807) is 16.7 Å². The molecule has 1 aliphatic carbocycles. The van der Waals surface area contributed by atoms with Gasteiger partial charge in [-0.15, -0.1) is 0 Å². The Morgan fingerprint density at radius 1 is 1.38 bits per heavy atom. The van der Waals surface area contributed by atoms with Gasteiger partial charge in [0, 0.05) is 11.8 Å². The van der Waals surface area contributed by atoms with E-state index in [9.17, 15) is 14.9 Å². The average molecular weight is 411 g/mol. The van der Waals surface area contributed by atoms with E-state index in [0.29, 0.717) is 27.9 Å². The molecule has 1 N–H and O–H groups in total. The van der Waals surface area contributed by atoms with Crippen LogP contribution in [0.5, 0.6) is 0 Å². The lowest BCUT2D eigenvalue weighted by atomic mass is 9.78. The van der Waals surface area contributed by atoms with Crippen molar-refractivity contribution in [1.82, 2.24) is 9.55 Å². The largest absolute Gasteiger partial charge is 0.308 e. The van der Waals surface area contributed by atoms with E-state index in [1.807, 2.05) is 18.2 Å². The SMILES string of the molecule is CC(=N)[C@@H](C#N)C(=O)CSc1nc2ccccc2c(=O)n1[C@@H]1CCC[C@H](C)[C@H]1C. The molecule has 0 saturated heterocycles. The van der Waals surface area contributed by atoms with Crippen molar-refractivity contribution in [3.63, 3.8) is 0 Å². The Morgan fingerprint density at radius 2 is 2.10 bits per heavy atom. The number of carbonyl (C=O) groups is 1. The second kappa shape index (κ2) is 8.91. The van der Waals surface area contributed by atoms with Crippen LogP contribution in [0.15, 0.2) is 34.2 Å². The quantitative estimate of drug-likeness (QED) is 0.436. The molecule has 6 nitrogen and oxygen atoms in total. The molecule has 1 aromatic carbocycles. The fourth-order valence-electron chi connectivity index (χ4n) is 4.07. The molecule has 0 aliphatic heterocycles. The maximum atomic E-state index is 13.4. The molecular formula is C22H26N4O2S. The number of fused-ring (bicyclic) bond motifs is 1. The summed E-state index contributed by atoms with van der Waals surface area (Å²) in [5, 5.41) is 17.9.